The van der Waals surface area contributed by atoms with Crippen LogP contribution in [0.15, 0.2) is 42.6 Å². The number of halogens is 4. The second-order valence-electron chi connectivity index (χ2n) is 5.87. The van der Waals surface area contributed by atoms with E-state index < -0.39 is 29.3 Å². The molecule has 2 heterocycles. The molecule has 0 spiro atoms. The topological polar surface area (TPSA) is 109 Å². The lowest BCUT2D eigenvalue weighted by atomic mass is 10.2. The van der Waals surface area contributed by atoms with E-state index in [0.717, 1.165) is 24.3 Å². The van der Waals surface area contributed by atoms with E-state index in [1.807, 2.05) is 6.07 Å². The van der Waals surface area contributed by atoms with Crippen molar-refractivity contribution in [3.63, 3.8) is 0 Å². The third-order valence-corrected chi connectivity index (χ3v) is 3.86. The summed E-state index contributed by atoms with van der Waals surface area (Å²) in [6.45, 7) is 0.0336. The van der Waals surface area contributed by atoms with E-state index in [-0.39, 0.29) is 30.2 Å². The molecule has 30 heavy (non-hydrogen) atoms. The maximum atomic E-state index is 13.6. The summed E-state index contributed by atoms with van der Waals surface area (Å²) in [6.07, 6.45) is -3.47. The van der Waals surface area contributed by atoms with Gasteiger partial charge in [-0.05, 0) is 36.4 Å². The van der Waals surface area contributed by atoms with Crippen LogP contribution < -0.4 is 10.6 Å². The fourth-order valence-electron chi connectivity index (χ4n) is 2.53. The standard InChI is InChI=1S/C18H13F4N7O/c19-12-3-5-13(6-4-12)29-15(18(20,21)22)14(27-28-29)17(30)26-9-8-25-16-11(10-23)2-1-7-24-16/h1-7H,8-9H2,(H,24,25)(H,26,30). The number of rotatable bonds is 6. The molecule has 2 aromatic heterocycles. The number of benzene rings is 1. The van der Waals surface area contributed by atoms with Gasteiger partial charge < -0.3 is 10.6 Å². The van der Waals surface area contributed by atoms with Crippen LogP contribution in [0.4, 0.5) is 23.4 Å². The van der Waals surface area contributed by atoms with E-state index in [2.05, 4.69) is 25.9 Å². The van der Waals surface area contributed by atoms with Crippen molar-refractivity contribution in [1.82, 2.24) is 25.3 Å². The lowest BCUT2D eigenvalue weighted by Gasteiger charge is -2.11. The van der Waals surface area contributed by atoms with Crippen LogP contribution in [-0.4, -0.2) is 39.0 Å². The predicted octanol–water partition coefficient (Wildman–Crippen LogP) is 2.53. The summed E-state index contributed by atoms with van der Waals surface area (Å²) < 4.78 is 54.1. The molecular weight excluding hydrogens is 406 g/mol. The number of aromatic nitrogens is 4. The summed E-state index contributed by atoms with van der Waals surface area (Å²) in [5.74, 6) is -1.43. The fourth-order valence-corrected chi connectivity index (χ4v) is 2.53. The van der Waals surface area contributed by atoms with Gasteiger partial charge in [-0.1, -0.05) is 5.21 Å². The Morgan fingerprint density at radius 1 is 1.17 bits per heavy atom. The van der Waals surface area contributed by atoms with Gasteiger partial charge in [0.2, 0.25) is 0 Å². The molecule has 12 heteroatoms. The largest absolute Gasteiger partial charge is 0.435 e. The van der Waals surface area contributed by atoms with Crippen molar-refractivity contribution in [2.45, 2.75) is 6.18 Å². The lowest BCUT2D eigenvalue weighted by Crippen LogP contribution is -2.31. The van der Waals surface area contributed by atoms with E-state index in [1.54, 1.807) is 6.07 Å². The van der Waals surface area contributed by atoms with Crippen LogP contribution in [0, 0.1) is 17.1 Å². The number of alkyl halides is 3. The second kappa shape index (κ2) is 8.56. The van der Waals surface area contributed by atoms with E-state index in [1.165, 1.54) is 12.3 Å². The van der Waals surface area contributed by atoms with Crippen LogP contribution in [0.3, 0.4) is 0 Å². The molecule has 0 saturated heterocycles. The molecule has 8 nitrogen and oxygen atoms in total. The van der Waals surface area contributed by atoms with E-state index in [9.17, 15) is 22.4 Å². The van der Waals surface area contributed by atoms with Gasteiger partial charge in [0.1, 0.15) is 17.7 Å². The summed E-state index contributed by atoms with van der Waals surface area (Å²) >= 11 is 0. The van der Waals surface area contributed by atoms with Crippen LogP contribution in [0.1, 0.15) is 21.7 Å². The third-order valence-electron chi connectivity index (χ3n) is 3.86. The van der Waals surface area contributed by atoms with Crippen molar-refractivity contribution >= 4 is 11.7 Å². The molecule has 3 rings (SSSR count). The van der Waals surface area contributed by atoms with Crippen molar-refractivity contribution < 1.29 is 22.4 Å². The molecule has 1 aromatic carbocycles. The fraction of sp³-hybridized carbons (Fsp3) is 0.167. The van der Waals surface area contributed by atoms with Gasteiger partial charge in [-0.3, -0.25) is 4.79 Å². The van der Waals surface area contributed by atoms with Gasteiger partial charge in [0.05, 0.1) is 11.3 Å². The van der Waals surface area contributed by atoms with E-state index in [4.69, 9.17) is 5.26 Å². The number of nitrogens with zero attached hydrogens (tertiary/aromatic N) is 5. The van der Waals surface area contributed by atoms with Crippen molar-refractivity contribution in [2.24, 2.45) is 0 Å². The first-order valence-corrected chi connectivity index (χ1v) is 8.47. The van der Waals surface area contributed by atoms with Gasteiger partial charge in [0, 0.05) is 19.3 Å². The van der Waals surface area contributed by atoms with Gasteiger partial charge in [-0.2, -0.15) is 18.4 Å². The quantitative estimate of drug-likeness (QED) is 0.470. The van der Waals surface area contributed by atoms with Crippen molar-refractivity contribution in [3.05, 3.63) is 65.4 Å². The number of nitrogens with one attached hydrogen (secondary N) is 2. The monoisotopic (exact) mass is 419 g/mol. The minimum atomic E-state index is -4.93. The molecule has 0 fully saturated rings. The Morgan fingerprint density at radius 3 is 2.57 bits per heavy atom. The number of nitriles is 1. The molecule has 2 N–H and O–H groups in total. The maximum absolute atomic E-state index is 13.6. The Morgan fingerprint density at radius 2 is 1.90 bits per heavy atom. The molecule has 0 unspecified atom stereocenters. The average molecular weight is 419 g/mol. The number of hydrogen-bond donors (Lipinski definition) is 2. The van der Waals surface area contributed by atoms with Crippen molar-refractivity contribution in [2.75, 3.05) is 18.4 Å². The molecule has 0 aliphatic carbocycles. The third kappa shape index (κ3) is 4.52. The minimum absolute atomic E-state index is 0.0685. The molecule has 0 aliphatic rings. The normalized spacial score (nSPS) is 11.0. The summed E-state index contributed by atoms with van der Waals surface area (Å²) in [7, 11) is 0. The summed E-state index contributed by atoms with van der Waals surface area (Å²) in [5.41, 5.74) is -2.11. The summed E-state index contributed by atoms with van der Waals surface area (Å²) in [6, 6.07) is 9.16. The van der Waals surface area contributed by atoms with E-state index >= 15 is 0 Å². The SMILES string of the molecule is N#Cc1cccnc1NCCNC(=O)c1nnn(-c2ccc(F)cc2)c1C(F)(F)F. The highest BCUT2D eigenvalue weighted by Gasteiger charge is 2.41. The number of pyridine rings is 1. The number of amides is 1. The van der Waals surface area contributed by atoms with Gasteiger partial charge >= 0.3 is 6.18 Å². The smallest absolute Gasteiger partial charge is 0.367 e. The average Bonchev–Trinajstić information content (AvgIpc) is 3.18. The Hall–Kier alpha value is -4.01. The van der Waals surface area contributed by atoms with Crippen molar-refractivity contribution in [1.29, 1.82) is 5.26 Å². The molecule has 0 aliphatic heterocycles. The van der Waals surface area contributed by atoms with Gasteiger partial charge in [-0.25, -0.2) is 14.1 Å². The van der Waals surface area contributed by atoms with Gasteiger partial charge in [0.15, 0.2) is 11.4 Å². The van der Waals surface area contributed by atoms with E-state index in [0.29, 0.717) is 4.68 Å². The molecule has 0 radical (unpaired) electrons. The molecule has 0 atom stereocenters. The number of anilines is 1. The van der Waals surface area contributed by atoms with Crippen LogP contribution in [0.25, 0.3) is 5.69 Å². The van der Waals surface area contributed by atoms with Gasteiger partial charge in [-0.15, -0.1) is 5.10 Å². The van der Waals surface area contributed by atoms with Crippen LogP contribution in [0.2, 0.25) is 0 Å². The highest BCUT2D eigenvalue weighted by molar-refractivity contribution is 5.93. The Bertz CT molecular complexity index is 1090. The highest BCUT2D eigenvalue weighted by Crippen LogP contribution is 2.32. The Labute approximate surface area is 167 Å². The van der Waals surface area contributed by atoms with Crippen molar-refractivity contribution in [3.8, 4) is 11.8 Å². The Kier molecular flexibility index (Phi) is 5.91. The molecular formula is C18H13F4N7O. The maximum Gasteiger partial charge on any atom is 0.435 e. The lowest BCUT2D eigenvalue weighted by molar-refractivity contribution is -0.143. The zero-order chi connectivity index (χ0) is 21.7. The molecule has 0 bridgehead atoms. The highest BCUT2D eigenvalue weighted by atomic mass is 19.4. The van der Waals surface area contributed by atoms with Gasteiger partial charge in [0.25, 0.3) is 5.91 Å². The predicted molar refractivity (Wildman–Crippen MR) is 96.1 cm³/mol. The van der Waals surface area contributed by atoms with Crippen LogP contribution >= 0.6 is 0 Å². The number of carbonyl (C=O) groups excluding carboxylic acids is 1. The van der Waals surface area contributed by atoms with Crippen LogP contribution in [0.5, 0.6) is 0 Å². The first kappa shape index (κ1) is 20.7. The number of hydrogen-bond acceptors (Lipinski definition) is 6. The molecule has 3 aromatic rings. The first-order valence-electron chi connectivity index (χ1n) is 8.47. The van der Waals surface area contributed by atoms with Crippen LogP contribution in [-0.2, 0) is 6.18 Å². The first-order chi connectivity index (χ1) is 14.3. The second-order valence-corrected chi connectivity index (χ2v) is 5.87. The molecule has 0 saturated carbocycles. The summed E-state index contributed by atoms with van der Waals surface area (Å²) in [4.78, 5) is 16.2. The Balaban J connectivity index is 1.73. The molecule has 154 valence electrons. The zero-order valence-corrected chi connectivity index (χ0v) is 15.1. The minimum Gasteiger partial charge on any atom is -0.367 e. The molecule has 1 amide bonds. The number of carbonyl (C=O) groups is 1. The zero-order valence-electron chi connectivity index (χ0n) is 15.1. The summed E-state index contributed by atoms with van der Waals surface area (Å²) in [5, 5.41) is 20.9.